The molecule has 0 unspecified atom stereocenters. The van der Waals surface area contributed by atoms with Crippen LogP contribution in [0, 0.1) is 5.41 Å². The second kappa shape index (κ2) is 5.67. The Bertz CT molecular complexity index is 727. The molecule has 1 N–H and O–H groups in total. The Morgan fingerprint density at radius 3 is 2.55 bits per heavy atom. The third-order valence-corrected chi connectivity index (χ3v) is 3.24. The van der Waals surface area contributed by atoms with Crippen LogP contribution in [0.5, 0.6) is 11.6 Å². The molecule has 118 valence electrons. The van der Waals surface area contributed by atoms with E-state index < -0.39 is 11.6 Å². The fourth-order valence-electron chi connectivity index (χ4n) is 1.90. The molecule has 1 aromatic heterocycles. The predicted octanol–water partition coefficient (Wildman–Crippen LogP) is 2.72. The molecule has 0 atom stereocenters. The summed E-state index contributed by atoms with van der Waals surface area (Å²) in [6.07, 6.45) is -1.45. The average molecular weight is 306 g/mol. The van der Waals surface area contributed by atoms with Crippen LogP contribution in [0.15, 0.2) is 18.2 Å². The van der Waals surface area contributed by atoms with E-state index in [4.69, 9.17) is 9.84 Å². The number of fused-ring (bicyclic) bond motifs is 1. The van der Waals surface area contributed by atoms with Crippen LogP contribution in [0.25, 0.3) is 10.9 Å². The number of aromatic nitrogens is 2. The van der Waals surface area contributed by atoms with E-state index in [0.29, 0.717) is 16.7 Å². The Hall–Kier alpha value is -2.57. The van der Waals surface area contributed by atoms with Gasteiger partial charge in [0.1, 0.15) is 12.3 Å². The number of benzene rings is 1. The summed E-state index contributed by atoms with van der Waals surface area (Å²) in [5.74, 6) is 0.507. The van der Waals surface area contributed by atoms with Gasteiger partial charge >= 0.3 is 6.16 Å². The van der Waals surface area contributed by atoms with Gasteiger partial charge in [0, 0.05) is 11.5 Å². The second-order valence-electron chi connectivity index (χ2n) is 5.89. The van der Waals surface area contributed by atoms with Crippen LogP contribution in [0.4, 0.5) is 4.79 Å². The van der Waals surface area contributed by atoms with Gasteiger partial charge in [-0.25, -0.2) is 4.79 Å². The van der Waals surface area contributed by atoms with Gasteiger partial charge in [-0.15, -0.1) is 5.10 Å². The summed E-state index contributed by atoms with van der Waals surface area (Å²) in [7, 11) is 1.52. The summed E-state index contributed by atoms with van der Waals surface area (Å²) in [5, 5.41) is 13.4. The summed E-state index contributed by atoms with van der Waals surface area (Å²) in [4.78, 5) is 23.0. The molecule has 2 rings (SSSR count). The maximum atomic E-state index is 12.2. The number of hydrogen-bond acceptors (Lipinski definition) is 5. The van der Waals surface area contributed by atoms with Crippen LogP contribution in [0.1, 0.15) is 20.8 Å². The lowest BCUT2D eigenvalue weighted by molar-refractivity contribution is -0.127. The minimum atomic E-state index is -1.45. The van der Waals surface area contributed by atoms with Gasteiger partial charge in [0.2, 0.25) is 0 Å². The lowest BCUT2D eigenvalue weighted by Gasteiger charge is -2.16. The number of methoxy groups -OCH3 is 1. The molecule has 0 fully saturated rings. The van der Waals surface area contributed by atoms with E-state index in [2.05, 4.69) is 9.84 Å². The molecule has 0 amide bonds. The number of ketones is 1. The van der Waals surface area contributed by atoms with E-state index in [9.17, 15) is 9.59 Å². The maximum Gasteiger partial charge on any atom is 0.512 e. The van der Waals surface area contributed by atoms with Gasteiger partial charge in [-0.05, 0) is 12.1 Å². The minimum absolute atomic E-state index is 0.0240. The van der Waals surface area contributed by atoms with Crippen molar-refractivity contribution in [3.63, 3.8) is 0 Å². The molecule has 7 nitrogen and oxygen atoms in total. The van der Waals surface area contributed by atoms with Crippen molar-refractivity contribution in [3.05, 3.63) is 18.2 Å². The van der Waals surface area contributed by atoms with E-state index >= 15 is 0 Å². The maximum absolute atomic E-state index is 12.2. The fourth-order valence-corrected chi connectivity index (χ4v) is 1.90. The smallest absolute Gasteiger partial charge is 0.497 e. The molecule has 0 spiro atoms. The van der Waals surface area contributed by atoms with Crippen molar-refractivity contribution in [2.45, 2.75) is 27.3 Å². The normalized spacial score (nSPS) is 11.5. The van der Waals surface area contributed by atoms with Crippen molar-refractivity contribution in [1.82, 2.24) is 9.78 Å². The molecule has 1 heterocycles. The highest BCUT2D eigenvalue weighted by Crippen LogP contribution is 2.29. The standard InChI is InChI=1S/C15H18N2O5/c1-15(2,3)12(18)8-17-11-7-9(21-4)5-6-10(11)13(16-17)22-14(19)20/h5-7H,8H2,1-4H3,(H,19,20). The first-order valence-corrected chi connectivity index (χ1v) is 6.71. The Balaban J connectivity index is 2.51. The highest BCUT2D eigenvalue weighted by molar-refractivity contribution is 5.90. The van der Waals surface area contributed by atoms with Crippen LogP contribution in [-0.2, 0) is 11.3 Å². The van der Waals surface area contributed by atoms with Gasteiger partial charge in [-0.1, -0.05) is 20.8 Å². The zero-order valence-electron chi connectivity index (χ0n) is 12.9. The van der Waals surface area contributed by atoms with Gasteiger partial charge in [-0.3, -0.25) is 9.48 Å². The molecule has 2 aromatic rings. The van der Waals surface area contributed by atoms with Crippen LogP contribution >= 0.6 is 0 Å². The number of nitrogens with zero attached hydrogens (tertiary/aromatic N) is 2. The van der Waals surface area contributed by atoms with Gasteiger partial charge in [0.15, 0.2) is 5.78 Å². The first kappa shape index (κ1) is 15.8. The number of hydrogen-bond donors (Lipinski definition) is 1. The molecule has 0 aliphatic rings. The quantitative estimate of drug-likeness (QED) is 0.873. The van der Waals surface area contributed by atoms with E-state index in [-0.39, 0.29) is 18.2 Å². The monoisotopic (exact) mass is 306 g/mol. The molecule has 7 heteroatoms. The molecular formula is C15H18N2O5. The number of rotatable bonds is 4. The summed E-state index contributed by atoms with van der Waals surface area (Å²) in [5.41, 5.74) is 0.0542. The average Bonchev–Trinajstić information content (AvgIpc) is 2.74. The number of Topliss-reactive ketones (excluding diaryl/α,β-unsaturated/α-hetero) is 1. The lowest BCUT2D eigenvalue weighted by atomic mass is 9.91. The highest BCUT2D eigenvalue weighted by atomic mass is 16.7. The van der Waals surface area contributed by atoms with Gasteiger partial charge < -0.3 is 14.6 Å². The van der Waals surface area contributed by atoms with Crippen molar-refractivity contribution in [3.8, 4) is 11.6 Å². The predicted molar refractivity (Wildman–Crippen MR) is 79.4 cm³/mol. The van der Waals surface area contributed by atoms with E-state index in [0.717, 1.165) is 0 Å². The van der Waals surface area contributed by atoms with Crippen molar-refractivity contribution in [2.75, 3.05) is 7.11 Å². The van der Waals surface area contributed by atoms with Crippen LogP contribution < -0.4 is 9.47 Å². The molecule has 0 bridgehead atoms. The Labute approximate surface area is 127 Å². The number of carboxylic acid groups (broad SMARTS) is 1. The van der Waals surface area contributed by atoms with Gasteiger partial charge in [-0.2, -0.15) is 0 Å². The first-order chi connectivity index (χ1) is 10.2. The molecule has 0 aliphatic heterocycles. The third kappa shape index (κ3) is 3.19. The Kier molecular flexibility index (Phi) is 4.07. The summed E-state index contributed by atoms with van der Waals surface area (Å²) >= 11 is 0. The topological polar surface area (TPSA) is 90.7 Å². The van der Waals surface area contributed by atoms with E-state index in [1.165, 1.54) is 11.8 Å². The molecule has 0 saturated heterocycles. The minimum Gasteiger partial charge on any atom is -0.497 e. The molecule has 0 aliphatic carbocycles. The molecule has 1 aromatic carbocycles. The van der Waals surface area contributed by atoms with Crippen molar-refractivity contribution >= 4 is 22.8 Å². The number of carbonyl (C=O) groups is 2. The van der Waals surface area contributed by atoms with Gasteiger partial charge in [0.25, 0.3) is 5.88 Å². The Morgan fingerprint density at radius 2 is 2.00 bits per heavy atom. The number of ether oxygens (including phenoxy) is 2. The van der Waals surface area contributed by atoms with E-state index in [1.807, 2.05) is 20.8 Å². The highest BCUT2D eigenvalue weighted by Gasteiger charge is 2.24. The zero-order chi connectivity index (χ0) is 16.5. The van der Waals surface area contributed by atoms with Crippen LogP contribution in [-0.4, -0.2) is 33.9 Å². The summed E-state index contributed by atoms with van der Waals surface area (Å²) in [6, 6.07) is 5.01. The number of carbonyl (C=O) groups excluding carboxylic acids is 1. The second-order valence-corrected chi connectivity index (χ2v) is 5.89. The molecule has 0 radical (unpaired) electrons. The first-order valence-electron chi connectivity index (χ1n) is 6.71. The molecule has 0 saturated carbocycles. The molecule has 22 heavy (non-hydrogen) atoms. The SMILES string of the molecule is COc1ccc2c(OC(=O)O)nn(CC(=O)C(C)(C)C)c2c1. The summed E-state index contributed by atoms with van der Waals surface area (Å²) < 4.78 is 11.3. The Morgan fingerprint density at radius 1 is 1.32 bits per heavy atom. The lowest BCUT2D eigenvalue weighted by Crippen LogP contribution is -2.25. The zero-order valence-corrected chi connectivity index (χ0v) is 12.9. The van der Waals surface area contributed by atoms with Crippen molar-refractivity contribution in [1.29, 1.82) is 0 Å². The van der Waals surface area contributed by atoms with Crippen LogP contribution in [0.3, 0.4) is 0 Å². The van der Waals surface area contributed by atoms with Crippen molar-refractivity contribution in [2.24, 2.45) is 5.41 Å². The van der Waals surface area contributed by atoms with Gasteiger partial charge in [0.05, 0.1) is 18.0 Å². The fraction of sp³-hybridized carbons (Fsp3) is 0.400. The van der Waals surface area contributed by atoms with E-state index in [1.54, 1.807) is 18.2 Å². The third-order valence-electron chi connectivity index (χ3n) is 3.24. The summed E-state index contributed by atoms with van der Waals surface area (Å²) in [6.45, 7) is 5.47. The van der Waals surface area contributed by atoms with Crippen molar-refractivity contribution < 1.29 is 24.2 Å². The largest absolute Gasteiger partial charge is 0.512 e. The molecular weight excluding hydrogens is 288 g/mol. The van der Waals surface area contributed by atoms with Crippen LogP contribution in [0.2, 0.25) is 0 Å².